The maximum absolute atomic E-state index is 5.51. The third kappa shape index (κ3) is 2.45. The summed E-state index contributed by atoms with van der Waals surface area (Å²) in [5.74, 6) is 0.969. The molecule has 14 heavy (non-hydrogen) atoms. The second-order valence-corrected chi connectivity index (χ2v) is 4.96. The van der Waals surface area contributed by atoms with E-state index >= 15 is 0 Å². The minimum Gasteiger partial charge on any atom is -0.362 e. The number of nitrogens with two attached hydrogens (primary N) is 1. The van der Waals surface area contributed by atoms with Crippen LogP contribution >= 0.6 is 11.3 Å². The van der Waals surface area contributed by atoms with Crippen molar-refractivity contribution in [2.24, 2.45) is 11.7 Å². The van der Waals surface area contributed by atoms with Crippen molar-refractivity contribution in [1.82, 2.24) is 4.98 Å². The molecule has 3 nitrogen and oxygen atoms in total. The van der Waals surface area contributed by atoms with Gasteiger partial charge in [-0.15, -0.1) is 11.3 Å². The lowest BCUT2D eigenvalue weighted by molar-refractivity contribution is 0.303. The standard InChI is InChI=1S/C10H17N3S/c11-6-9-7-13-10(14-9)12-5-4-8-2-1-3-8/h7-8H,1-6,11H2,(H,12,13). The van der Waals surface area contributed by atoms with Crippen LogP contribution in [0.25, 0.3) is 0 Å². The Morgan fingerprint density at radius 1 is 1.57 bits per heavy atom. The second-order valence-electron chi connectivity index (χ2n) is 3.85. The van der Waals surface area contributed by atoms with E-state index in [-0.39, 0.29) is 0 Å². The van der Waals surface area contributed by atoms with Crippen LogP contribution in [0.3, 0.4) is 0 Å². The Kier molecular flexibility index (Phi) is 3.37. The van der Waals surface area contributed by atoms with E-state index in [2.05, 4.69) is 10.3 Å². The Hall–Kier alpha value is -0.610. The van der Waals surface area contributed by atoms with E-state index in [9.17, 15) is 0 Å². The molecule has 0 atom stereocenters. The van der Waals surface area contributed by atoms with Gasteiger partial charge in [0.1, 0.15) is 0 Å². The first kappa shape index (κ1) is 9.93. The summed E-state index contributed by atoms with van der Waals surface area (Å²) in [7, 11) is 0. The molecule has 0 aromatic carbocycles. The van der Waals surface area contributed by atoms with Crippen LogP contribution in [0.2, 0.25) is 0 Å². The molecule has 0 amide bonds. The molecule has 4 heteroatoms. The molecule has 1 aliphatic carbocycles. The zero-order valence-electron chi connectivity index (χ0n) is 8.33. The molecule has 1 heterocycles. The molecular weight excluding hydrogens is 194 g/mol. The van der Waals surface area contributed by atoms with E-state index in [1.54, 1.807) is 11.3 Å². The molecule has 78 valence electrons. The van der Waals surface area contributed by atoms with E-state index in [1.807, 2.05) is 6.20 Å². The average molecular weight is 211 g/mol. The molecular formula is C10H17N3S. The molecule has 2 rings (SSSR count). The number of nitrogens with one attached hydrogen (secondary N) is 1. The Bertz CT molecular complexity index is 281. The van der Waals surface area contributed by atoms with Gasteiger partial charge in [0.05, 0.1) is 0 Å². The first-order chi connectivity index (χ1) is 6.88. The van der Waals surface area contributed by atoms with Gasteiger partial charge in [0.2, 0.25) is 0 Å². The van der Waals surface area contributed by atoms with E-state index in [0.717, 1.165) is 22.5 Å². The highest BCUT2D eigenvalue weighted by molar-refractivity contribution is 7.15. The number of hydrogen-bond acceptors (Lipinski definition) is 4. The van der Waals surface area contributed by atoms with Crippen molar-refractivity contribution in [1.29, 1.82) is 0 Å². The topological polar surface area (TPSA) is 50.9 Å². The van der Waals surface area contributed by atoms with Crippen LogP contribution in [-0.2, 0) is 6.54 Å². The highest BCUT2D eigenvalue weighted by atomic mass is 32.1. The lowest BCUT2D eigenvalue weighted by atomic mass is 9.83. The smallest absolute Gasteiger partial charge is 0.182 e. The number of hydrogen-bond donors (Lipinski definition) is 2. The first-order valence-corrected chi connectivity index (χ1v) is 6.09. The van der Waals surface area contributed by atoms with Gasteiger partial charge in [-0.25, -0.2) is 4.98 Å². The van der Waals surface area contributed by atoms with Crippen LogP contribution in [0.5, 0.6) is 0 Å². The van der Waals surface area contributed by atoms with E-state index in [1.165, 1.54) is 25.7 Å². The number of anilines is 1. The second kappa shape index (κ2) is 4.75. The summed E-state index contributed by atoms with van der Waals surface area (Å²) in [4.78, 5) is 5.40. The largest absolute Gasteiger partial charge is 0.362 e. The molecule has 1 aromatic rings. The Balaban J connectivity index is 1.68. The average Bonchev–Trinajstić information content (AvgIpc) is 2.57. The van der Waals surface area contributed by atoms with E-state index < -0.39 is 0 Å². The lowest BCUT2D eigenvalue weighted by Gasteiger charge is -2.24. The number of aromatic nitrogens is 1. The van der Waals surface area contributed by atoms with Gasteiger partial charge in [0, 0.05) is 24.2 Å². The van der Waals surface area contributed by atoms with Gasteiger partial charge in [-0.1, -0.05) is 19.3 Å². The van der Waals surface area contributed by atoms with Crippen LogP contribution in [0.1, 0.15) is 30.6 Å². The molecule has 1 saturated carbocycles. The predicted molar refractivity (Wildman–Crippen MR) is 60.5 cm³/mol. The fourth-order valence-electron chi connectivity index (χ4n) is 1.65. The zero-order chi connectivity index (χ0) is 9.80. The molecule has 0 aliphatic heterocycles. The molecule has 0 radical (unpaired) electrons. The number of rotatable bonds is 5. The SMILES string of the molecule is NCc1cnc(NCCC2CCC2)s1. The normalized spacial score (nSPS) is 16.6. The van der Waals surface area contributed by atoms with Crippen molar-refractivity contribution in [2.45, 2.75) is 32.2 Å². The van der Waals surface area contributed by atoms with Crippen molar-refractivity contribution >= 4 is 16.5 Å². The Morgan fingerprint density at radius 2 is 2.43 bits per heavy atom. The molecule has 1 aliphatic rings. The van der Waals surface area contributed by atoms with E-state index in [4.69, 9.17) is 5.73 Å². The highest BCUT2D eigenvalue weighted by Gasteiger charge is 2.16. The summed E-state index contributed by atoms with van der Waals surface area (Å²) in [5.41, 5.74) is 5.51. The number of nitrogens with zero attached hydrogens (tertiary/aromatic N) is 1. The van der Waals surface area contributed by atoms with Crippen molar-refractivity contribution in [3.63, 3.8) is 0 Å². The number of thiazole rings is 1. The van der Waals surface area contributed by atoms with Crippen LogP contribution < -0.4 is 11.1 Å². The highest BCUT2D eigenvalue weighted by Crippen LogP contribution is 2.29. The molecule has 1 aromatic heterocycles. The van der Waals surface area contributed by atoms with Crippen LogP contribution in [0.15, 0.2) is 6.20 Å². The monoisotopic (exact) mass is 211 g/mol. The summed E-state index contributed by atoms with van der Waals surface area (Å²) >= 11 is 1.66. The van der Waals surface area contributed by atoms with Crippen LogP contribution in [-0.4, -0.2) is 11.5 Å². The van der Waals surface area contributed by atoms with Gasteiger partial charge in [-0.05, 0) is 12.3 Å². The molecule has 0 saturated heterocycles. The predicted octanol–water partition coefficient (Wildman–Crippen LogP) is 2.20. The summed E-state index contributed by atoms with van der Waals surface area (Å²) in [5, 5.41) is 4.37. The van der Waals surface area contributed by atoms with Gasteiger partial charge in [0.15, 0.2) is 5.13 Å². The van der Waals surface area contributed by atoms with Crippen molar-refractivity contribution in [2.75, 3.05) is 11.9 Å². The Labute approximate surface area is 88.7 Å². The molecule has 3 N–H and O–H groups in total. The molecule has 0 unspecified atom stereocenters. The van der Waals surface area contributed by atoms with Gasteiger partial charge in [-0.3, -0.25) is 0 Å². The van der Waals surface area contributed by atoms with Gasteiger partial charge < -0.3 is 11.1 Å². The minimum atomic E-state index is 0.599. The van der Waals surface area contributed by atoms with Crippen molar-refractivity contribution < 1.29 is 0 Å². The quantitative estimate of drug-likeness (QED) is 0.785. The van der Waals surface area contributed by atoms with Gasteiger partial charge in [-0.2, -0.15) is 0 Å². The maximum atomic E-state index is 5.51. The third-order valence-corrected chi connectivity index (χ3v) is 3.79. The van der Waals surface area contributed by atoms with Crippen molar-refractivity contribution in [3.05, 3.63) is 11.1 Å². The zero-order valence-corrected chi connectivity index (χ0v) is 9.15. The van der Waals surface area contributed by atoms with Crippen molar-refractivity contribution in [3.8, 4) is 0 Å². The summed E-state index contributed by atoms with van der Waals surface area (Å²) in [6, 6.07) is 0. The summed E-state index contributed by atoms with van der Waals surface area (Å²) < 4.78 is 0. The first-order valence-electron chi connectivity index (χ1n) is 5.27. The van der Waals surface area contributed by atoms with Gasteiger partial charge >= 0.3 is 0 Å². The maximum Gasteiger partial charge on any atom is 0.182 e. The Morgan fingerprint density at radius 3 is 3.00 bits per heavy atom. The summed E-state index contributed by atoms with van der Waals surface area (Å²) in [6.07, 6.45) is 7.42. The lowest BCUT2D eigenvalue weighted by Crippen LogP contribution is -2.15. The van der Waals surface area contributed by atoms with Crippen LogP contribution in [0, 0.1) is 5.92 Å². The molecule has 0 bridgehead atoms. The molecule has 1 fully saturated rings. The minimum absolute atomic E-state index is 0.599. The van der Waals surface area contributed by atoms with Gasteiger partial charge in [0.25, 0.3) is 0 Å². The third-order valence-electron chi connectivity index (χ3n) is 2.81. The van der Waals surface area contributed by atoms with Crippen LogP contribution in [0.4, 0.5) is 5.13 Å². The summed E-state index contributed by atoms with van der Waals surface area (Å²) in [6.45, 7) is 1.66. The fourth-order valence-corrected chi connectivity index (χ4v) is 2.37. The fraction of sp³-hybridized carbons (Fsp3) is 0.700. The molecule has 0 spiro atoms. The van der Waals surface area contributed by atoms with E-state index in [0.29, 0.717) is 6.54 Å².